The quantitative estimate of drug-likeness (QED) is 0.552. The largest absolute Gasteiger partial charge is 0.481 e. The smallest absolute Gasteiger partial charge is 0.305 e. The fourth-order valence-electron chi connectivity index (χ4n) is 2.24. The van der Waals surface area contributed by atoms with Crippen LogP contribution in [0, 0.1) is 10.1 Å². The molecular formula is C14H15N3O5. The number of fused-ring (bicyclic) bond motifs is 1. The number of nitrogens with zero attached hydrogens (tertiary/aromatic N) is 1. The molecule has 0 saturated carbocycles. The molecule has 1 amide bonds. The lowest BCUT2D eigenvalue weighted by Gasteiger charge is -2.11. The molecule has 22 heavy (non-hydrogen) atoms. The summed E-state index contributed by atoms with van der Waals surface area (Å²) in [5, 5.41) is 22.7. The van der Waals surface area contributed by atoms with Crippen LogP contribution in [0.4, 0.5) is 5.69 Å². The van der Waals surface area contributed by atoms with E-state index in [0.29, 0.717) is 16.5 Å². The van der Waals surface area contributed by atoms with E-state index in [1.165, 1.54) is 12.1 Å². The van der Waals surface area contributed by atoms with Crippen LogP contribution < -0.4 is 5.32 Å². The predicted octanol–water partition coefficient (Wildman–Crippen LogP) is 1.60. The minimum atomic E-state index is -0.990. The molecule has 3 N–H and O–H groups in total. The number of non-ortho nitro benzene ring substituents is 1. The van der Waals surface area contributed by atoms with Gasteiger partial charge in [0.2, 0.25) is 5.91 Å². The number of aromatic amines is 1. The zero-order valence-corrected chi connectivity index (χ0v) is 11.8. The number of carbonyl (C=O) groups is 2. The number of hydrogen-bond donors (Lipinski definition) is 3. The van der Waals surface area contributed by atoms with Crippen LogP contribution in [0.3, 0.4) is 0 Å². The summed E-state index contributed by atoms with van der Waals surface area (Å²) in [7, 11) is 0. The number of hydrogen-bond acceptors (Lipinski definition) is 4. The molecule has 0 radical (unpaired) electrons. The topological polar surface area (TPSA) is 125 Å². The number of H-pyrrole nitrogens is 1. The Morgan fingerprint density at radius 3 is 2.82 bits per heavy atom. The summed E-state index contributed by atoms with van der Waals surface area (Å²) in [5.41, 5.74) is 1.28. The maximum Gasteiger partial charge on any atom is 0.305 e. The molecule has 0 aliphatic heterocycles. The zero-order valence-electron chi connectivity index (χ0n) is 11.8. The number of rotatable bonds is 6. The Morgan fingerprint density at radius 1 is 1.45 bits per heavy atom. The Labute approximate surface area is 125 Å². The van der Waals surface area contributed by atoms with Crippen molar-refractivity contribution in [3.63, 3.8) is 0 Å². The highest BCUT2D eigenvalue weighted by molar-refractivity contribution is 5.90. The van der Waals surface area contributed by atoms with Crippen molar-refractivity contribution in [3.05, 3.63) is 40.1 Å². The molecule has 2 aromatic rings. The third-order valence-corrected chi connectivity index (χ3v) is 3.20. The average molecular weight is 305 g/mol. The molecule has 8 nitrogen and oxygen atoms in total. The SMILES string of the molecule is CC(CC(=O)O)NC(=O)Cc1c[nH]c2ccc([N+](=O)[O-])cc12. The van der Waals surface area contributed by atoms with Crippen molar-refractivity contribution in [2.75, 3.05) is 0 Å². The van der Waals surface area contributed by atoms with Gasteiger partial charge in [-0.2, -0.15) is 0 Å². The van der Waals surface area contributed by atoms with Crippen LogP contribution in [0.25, 0.3) is 10.9 Å². The van der Waals surface area contributed by atoms with E-state index in [0.717, 1.165) is 0 Å². The predicted molar refractivity (Wildman–Crippen MR) is 78.5 cm³/mol. The molecule has 1 atom stereocenters. The van der Waals surface area contributed by atoms with Crippen LogP contribution in [0.5, 0.6) is 0 Å². The molecule has 1 heterocycles. The van der Waals surface area contributed by atoms with Crippen molar-refractivity contribution in [2.24, 2.45) is 0 Å². The first-order valence-electron chi connectivity index (χ1n) is 6.62. The van der Waals surface area contributed by atoms with Gasteiger partial charge in [-0.05, 0) is 18.6 Å². The van der Waals surface area contributed by atoms with Gasteiger partial charge in [-0.25, -0.2) is 0 Å². The van der Waals surface area contributed by atoms with Gasteiger partial charge in [-0.15, -0.1) is 0 Å². The second-order valence-corrected chi connectivity index (χ2v) is 5.04. The molecule has 0 fully saturated rings. The summed E-state index contributed by atoms with van der Waals surface area (Å²) >= 11 is 0. The number of benzene rings is 1. The third-order valence-electron chi connectivity index (χ3n) is 3.20. The second-order valence-electron chi connectivity index (χ2n) is 5.04. The van der Waals surface area contributed by atoms with E-state index in [1.807, 2.05) is 0 Å². The average Bonchev–Trinajstić information content (AvgIpc) is 2.79. The molecule has 1 aromatic carbocycles. The molecule has 1 aromatic heterocycles. The maximum absolute atomic E-state index is 11.9. The number of aromatic nitrogens is 1. The molecule has 0 aliphatic carbocycles. The fraction of sp³-hybridized carbons (Fsp3) is 0.286. The van der Waals surface area contributed by atoms with Crippen LogP contribution in [-0.2, 0) is 16.0 Å². The number of nitrogens with one attached hydrogen (secondary N) is 2. The molecule has 0 saturated heterocycles. The van der Waals surface area contributed by atoms with E-state index >= 15 is 0 Å². The van der Waals surface area contributed by atoms with Gasteiger partial charge in [0.15, 0.2) is 0 Å². The van der Waals surface area contributed by atoms with E-state index in [1.54, 1.807) is 19.2 Å². The molecule has 116 valence electrons. The summed E-state index contributed by atoms with van der Waals surface area (Å²) in [6.07, 6.45) is 1.48. The number of carbonyl (C=O) groups excluding carboxylic acids is 1. The van der Waals surface area contributed by atoms with Crippen LogP contribution >= 0.6 is 0 Å². The lowest BCUT2D eigenvalue weighted by Crippen LogP contribution is -2.35. The van der Waals surface area contributed by atoms with Crippen LogP contribution in [0.1, 0.15) is 18.9 Å². The van der Waals surface area contributed by atoms with Crippen molar-refractivity contribution in [2.45, 2.75) is 25.8 Å². The molecule has 0 spiro atoms. The van der Waals surface area contributed by atoms with Crippen LogP contribution in [-0.4, -0.2) is 32.9 Å². The van der Waals surface area contributed by atoms with Gasteiger partial charge < -0.3 is 15.4 Å². The van der Waals surface area contributed by atoms with Gasteiger partial charge in [-0.3, -0.25) is 19.7 Å². The monoisotopic (exact) mass is 305 g/mol. The van der Waals surface area contributed by atoms with Gasteiger partial charge in [0.05, 0.1) is 17.8 Å². The summed E-state index contributed by atoms with van der Waals surface area (Å²) in [4.78, 5) is 35.7. The molecule has 0 bridgehead atoms. The first kappa shape index (κ1) is 15.5. The summed E-state index contributed by atoms with van der Waals surface area (Å²) in [6, 6.07) is 3.90. The highest BCUT2D eigenvalue weighted by atomic mass is 16.6. The van der Waals surface area contributed by atoms with E-state index in [9.17, 15) is 19.7 Å². The van der Waals surface area contributed by atoms with Crippen molar-refractivity contribution < 1.29 is 19.6 Å². The number of aliphatic carboxylic acids is 1. The normalized spacial score (nSPS) is 12.0. The highest BCUT2D eigenvalue weighted by Gasteiger charge is 2.15. The van der Waals surface area contributed by atoms with Crippen molar-refractivity contribution >= 4 is 28.5 Å². The molecule has 0 aliphatic rings. The number of amides is 1. The minimum absolute atomic E-state index is 0.0190. The summed E-state index contributed by atoms with van der Waals surface area (Å²) in [5.74, 6) is -1.32. The number of nitro groups is 1. The van der Waals surface area contributed by atoms with E-state index < -0.39 is 16.9 Å². The van der Waals surface area contributed by atoms with Gasteiger partial charge in [0, 0.05) is 35.3 Å². The molecule has 2 rings (SSSR count). The van der Waals surface area contributed by atoms with E-state index in [2.05, 4.69) is 10.3 Å². The first-order valence-corrected chi connectivity index (χ1v) is 6.62. The van der Waals surface area contributed by atoms with Gasteiger partial charge >= 0.3 is 5.97 Å². The maximum atomic E-state index is 11.9. The van der Waals surface area contributed by atoms with Crippen LogP contribution in [0.2, 0.25) is 0 Å². The lowest BCUT2D eigenvalue weighted by molar-refractivity contribution is -0.384. The van der Waals surface area contributed by atoms with E-state index in [-0.39, 0.29) is 24.4 Å². The summed E-state index contributed by atoms with van der Waals surface area (Å²) < 4.78 is 0. The van der Waals surface area contributed by atoms with Crippen molar-refractivity contribution in [1.82, 2.24) is 10.3 Å². The first-order chi connectivity index (χ1) is 10.4. The zero-order chi connectivity index (χ0) is 16.3. The van der Waals surface area contributed by atoms with Crippen molar-refractivity contribution in [3.8, 4) is 0 Å². The Balaban J connectivity index is 2.14. The van der Waals surface area contributed by atoms with Gasteiger partial charge in [0.25, 0.3) is 5.69 Å². The Hall–Kier alpha value is -2.90. The van der Waals surface area contributed by atoms with E-state index in [4.69, 9.17) is 5.11 Å². The Bertz CT molecular complexity index is 737. The standard InChI is InChI=1S/C14H15N3O5/c1-8(4-14(19)20)16-13(18)5-9-7-15-12-3-2-10(17(21)22)6-11(9)12/h2-3,6-8,15H,4-5H2,1H3,(H,16,18)(H,19,20). The highest BCUT2D eigenvalue weighted by Crippen LogP contribution is 2.24. The molecule has 8 heteroatoms. The Morgan fingerprint density at radius 2 is 2.18 bits per heavy atom. The lowest BCUT2D eigenvalue weighted by atomic mass is 10.1. The van der Waals surface area contributed by atoms with Gasteiger partial charge in [0.1, 0.15) is 0 Å². The third kappa shape index (κ3) is 3.60. The van der Waals surface area contributed by atoms with Crippen molar-refractivity contribution in [1.29, 1.82) is 0 Å². The minimum Gasteiger partial charge on any atom is -0.481 e. The molecule has 1 unspecified atom stereocenters. The van der Waals surface area contributed by atoms with Crippen LogP contribution in [0.15, 0.2) is 24.4 Å². The molecular weight excluding hydrogens is 290 g/mol. The second kappa shape index (κ2) is 6.25. The number of carboxylic acids is 1. The fourth-order valence-corrected chi connectivity index (χ4v) is 2.24. The summed E-state index contributed by atoms with van der Waals surface area (Å²) in [6.45, 7) is 1.60. The number of carboxylic acid groups (broad SMARTS) is 1. The number of nitro benzene ring substituents is 1. The Kier molecular flexibility index (Phi) is 4.40. The van der Waals surface area contributed by atoms with Gasteiger partial charge in [-0.1, -0.05) is 0 Å².